The van der Waals surface area contributed by atoms with Crippen LogP contribution < -0.4 is 15.0 Å². The van der Waals surface area contributed by atoms with Gasteiger partial charge in [0.05, 0.1) is 24.4 Å². The van der Waals surface area contributed by atoms with Gasteiger partial charge in [-0.05, 0) is 48.2 Å². The molecule has 0 spiro atoms. The number of nitrogens with zero attached hydrogens (tertiary/aromatic N) is 2. The van der Waals surface area contributed by atoms with Crippen molar-refractivity contribution in [1.82, 2.24) is 9.38 Å². The fourth-order valence-corrected chi connectivity index (χ4v) is 2.98. The summed E-state index contributed by atoms with van der Waals surface area (Å²) in [6.45, 7) is 6.66. The fraction of sp³-hybridized carbons (Fsp3) is 0.273. The van der Waals surface area contributed by atoms with E-state index in [0.29, 0.717) is 40.4 Å². The molecule has 2 aromatic heterocycles. The Labute approximate surface area is 169 Å². The Morgan fingerprint density at radius 2 is 2.04 bits per heavy atom. The number of benzene rings is 1. The van der Waals surface area contributed by atoms with Crippen molar-refractivity contribution in [3.05, 3.63) is 69.8 Å². The average molecular weight is 399 g/mol. The van der Waals surface area contributed by atoms with Crippen molar-refractivity contribution in [2.75, 3.05) is 13.7 Å². The second kappa shape index (κ2) is 8.48. The highest BCUT2D eigenvalue weighted by atomic mass is 35.5. The van der Waals surface area contributed by atoms with Gasteiger partial charge < -0.3 is 9.47 Å². The predicted octanol–water partition coefficient (Wildman–Crippen LogP) is 4.78. The summed E-state index contributed by atoms with van der Waals surface area (Å²) < 4.78 is 12.7. The maximum Gasteiger partial charge on any atom is 0.258 e. The van der Waals surface area contributed by atoms with E-state index < -0.39 is 0 Å². The molecule has 0 bridgehead atoms. The summed E-state index contributed by atoms with van der Waals surface area (Å²) in [7, 11) is 1.61. The molecule has 2 heterocycles. The van der Waals surface area contributed by atoms with Crippen molar-refractivity contribution in [3.63, 3.8) is 0 Å². The molecule has 1 aromatic carbocycles. The molecule has 146 valence electrons. The number of aromatic nitrogens is 2. The normalized spacial score (nSPS) is 11.9. The van der Waals surface area contributed by atoms with Crippen LogP contribution in [0.2, 0.25) is 0 Å². The Kier molecular flexibility index (Phi) is 6.05. The first-order valence-electron chi connectivity index (χ1n) is 9.06. The van der Waals surface area contributed by atoms with Crippen LogP contribution in [0.5, 0.6) is 11.5 Å². The lowest BCUT2D eigenvalue weighted by molar-refractivity contribution is 0.257. The first-order chi connectivity index (χ1) is 13.4. The molecule has 0 saturated carbocycles. The lowest BCUT2D eigenvalue weighted by atomic mass is 10.1. The third-order valence-corrected chi connectivity index (χ3v) is 4.49. The van der Waals surface area contributed by atoms with Crippen LogP contribution in [-0.2, 0) is 0 Å². The van der Waals surface area contributed by atoms with Gasteiger partial charge in [-0.2, -0.15) is 0 Å². The highest BCUT2D eigenvalue weighted by molar-refractivity contribution is 6.51. The van der Waals surface area contributed by atoms with Gasteiger partial charge in [0.2, 0.25) is 0 Å². The van der Waals surface area contributed by atoms with E-state index in [2.05, 4.69) is 18.8 Å². The minimum Gasteiger partial charge on any atom is -0.493 e. The number of methoxy groups -OCH3 is 1. The van der Waals surface area contributed by atoms with Crippen LogP contribution in [0.15, 0.2) is 47.4 Å². The van der Waals surface area contributed by atoms with E-state index in [4.69, 9.17) is 21.1 Å². The summed E-state index contributed by atoms with van der Waals surface area (Å²) in [5.74, 6) is 1.70. The monoisotopic (exact) mass is 398 g/mol. The van der Waals surface area contributed by atoms with E-state index in [1.807, 2.05) is 37.3 Å². The summed E-state index contributed by atoms with van der Waals surface area (Å²) in [5.41, 5.74) is 2.58. The van der Waals surface area contributed by atoms with Gasteiger partial charge in [0.25, 0.3) is 5.56 Å². The molecule has 0 aliphatic rings. The number of fused-ring (bicyclic) bond motifs is 1. The van der Waals surface area contributed by atoms with Gasteiger partial charge >= 0.3 is 0 Å². The van der Waals surface area contributed by atoms with Crippen LogP contribution in [0, 0.1) is 12.8 Å². The average Bonchev–Trinajstić information content (AvgIpc) is 2.67. The Bertz CT molecular complexity index is 1090. The molecule has 3 aromatic rings. The zero-order valence-corrected chi connectivity index (χ0v) is 17.2. The van der Waals surface area contributed by atoms with Gasteiger partial charge in [-0.25, -0.2) is 4.98 Å². The van der Waals surface area contributed by atoms with Crippen LogP contribution in [-0.4, -0.2) is 23.1 Å². The number of ether oxygens (including phenoxy) is 2. The number of hydrogen-bond acceptors (Lipinski definition) is 4. The highest BCUT2D eigenvalue weighted by Gasteiger charge is 2.10. The van der Waals surface area contributed by atoms with Crippen molar-refractivity contribution in [2.24, 2.45) is 5.92 Å². The highest BCUT2D eigenvalue weighted by Crippen LogP contribution is 2.30. The van der Waals surface area contributed by atoms with E-state index in [0.717, 1.165) is 11.1 Å². The number of pyridine rings is 1. The van der Waals surface area contributed by atoms with Gasteiger partial charge in [0.15, 0.2) is 11.5 Å². The first kappa shape index (κ1) is 20.0. The molecule has 0 N–H and O–H groups in total. The van der Waals surface area contributed by atoms with Gasteiger partial charge in [0, 0.05) is 12.3 Å². The number of halogens is 1. The van der Waals surface area contributed by atoms with Crippen molar-refractivity contribution in [3.8, 4) is 11.5 Å². The topological polar surface area (TPSA) is 52.8 Å². The summed E-state index contributed by atoms with van der Waals surface area (Å²) in [4.78, 5) is 16.9. The van der Waals surface area contributed by atoms with Gasteiger partial charge in [0.1, 0.15) is 5.65 Å². The standard InChI is InChI=1S/C22H23ClN2O3/c1-14(2)13-28-20-11-16(7-8-19(20)27-4)10-17(23)18-12-21(26)25-9-5-6-15(3)22(25)24-18/h5-12,14H,13H2,1-4H3/b17-10-. The van der Waals surface area contributed by atoms with Crippen molar-refractivity contribution in [1.29, 1.82) is 0 Å². The van der Waals surface area contributed by atoms with Crippen molar-refractivity contribution >= 4 is 28.4 Å². The van der Waals surface area contributed by atoms with Crippen LogP contribution >= 0.6 is 11.6 Å². The van der Waals surface area contributed by atoms with E-state index in [1.165, 1.54) is 10.5 Å². The Hall–Kier alpha value is -2.79. The number of aryl methyl sites for hydroxylation is 1. The smallest absolute Gasteiger partial charge is 0.258 e. The Balaban J connectivity index is 1.99. The predicted molar refractivity (Wildman–Crippen MR) is 113 cm³/mol. The molecule has 0 fully saturated rings. The molecule has 0 aliphatic heterocycles. The molecule has 0 saturated heterocycles. The van der Waals surface area contributed by atoms with Crippen LogP contribution in [0.4, 0.5) is 0 Å². The molecule has 0 atom stereocenters. The zero-order valence-electron chi connectivity index (χ0n) is 16.4. The molecule has 6 heteroatoms. The number of hydrogen-bond donors (Lipinski definition) is 0. The third kappa shape index (κ3) is 4.37. The molecule has 0 amide bonds. The molecule has 5 nitrogen and oxygen atoms in total. The minimum absolute atomic E-state index is 0.175. The maximum atomic E-state index is 12.4. The van der Waals surface area contributed by atoms with Crippen molar-refractivity contribution < 1.29 is 9.47 Å². The van der Waals surface area contributed by atoms with Crippen LogP contribution in [0.1, 0.15) is 30.7 Å². The second-order valence-electron chi connectivity index (χ2n) is 6.97. The molecule has 28 heavy (non-hydrogen) atoms. The summed E-state index contributed by atoms with van der Waals surface area (Å²) >= 11 is 6.50. The van der Waals surface area contributed by atoms with Crippen LogP contribution in [0.3, 0.4) is 0 Å². The maximum absolute atomic E-state index is 12.4. The summed E-state index contributed by atoms with van der Waals surface area (Å²) in [6.07, 6.45) is 3.46. The lowest BCUT2D eigenvalue weighted by Gasteiger charge is -2.13. The summed E-state index contributed by atoms with van der Waals surface area (Å²) in [6, 6.07) is 10.7. The van der Waals surface area contributed by atoms with Gasteiger partial charge in [-0.1, -0.05) is 37.6 Å². The number of rotatable bonds is 6. The van der Waals surface area contributed by atoms with Crippen LogP contribution in [0.25, 0.3) is 16.8 Å². The SMILES string of the molecule is COc1ccc(/C=C(\Cl)c2cc(=O)n3cccc(C)c3n2)cc1OCC(C)C. The Morgan fingerprint density at radius 3 is 2.75 bits per heavy atom. The quantitative estimate of drug-likeness (QED) is 0.599. The fourth-order valence-electron chi connectivity index (χ4n) is 2.76. The largest absolute Gasteiger partial charge is 0.493 e. The minimum atomic E-state index is -0.175. The molecular formula is C22H23ClN2O3. The molecule has 0 aliphatic carbocycles. The van der Waals surface area contributed by atoms with E-state index >= 15 is 0 Å². The molecule has 3 rings (SSSR count). The molecule has 0 radical (unpaired) electrons. The van der Waals surface area contributed by atoms with Gasteiger partial charge in [-0.3, -0.25) is 9.20 Å². The van der Waals surface area contributed by atoms with E-state index in [-0.39, 0.29) is 5.56 Å². The Morgan fingerprint density at radius 1 is 1.25 bits per heavy atom. The lowest BCUT2D eigenvalue weighted by Crippen LogP contribution is -2.15. The molecular weight excluding hydrogens is 376 g/mol. The van der Waals surface area contributed by atoms with E-state index in [9.17, 15) is 4.79 Å². The second-order valence-corrected chi connectivity index (χ2v) is 7.38. The summed E-state index contributed by atoms with van der Waals surface area (Å²) in [5, 5.41) is 0.378. The molecule has 0 unspecified atom stereocenters. The van der Waals surface area contributed by atoms with E-state index in [1.54, 1.807) is 19.4 Å². The van der Waals surface area contributed by atoms with Gasteiger partial charge in [-0.15, -0.1) is 0 Å². The third-order valence-electron chi connectivity index (χ3n) is 4.18. The van der Waals surface area contributed by atoms with Crippen molar-refractivity contribution in [2.45, 2.75) is 20.8 Å². The first-order valence-corrected chi connectivity index (χ1v) is 9.44. The zero-order chi connectivity index (χ0) is 20.3.